The van der Waals surface area contributed by atoms with Gasteiger partial charge in [0.1, 0.15) is 5.82 Å². The summed E-state index contributed by atoms with van der Waals surface area (Å²) in [6.45, 7) is 1.66. The van der Waals surface area contributed by atoms with Gasteiger partial charge < -0.3 is 5.73 Å². The van der Waals surface area contributed by atoms with E-state index in [1.54, 1.807) is 0 Å². The van der Waals surface area contributed by atoms with Crippen LogP contribution in [0.1, 0.15) is 16.0 Å². The fourth-order valence-electron chi connectivity index (χ4n) is 1.79. The van der Waals surface area contributed by atoms with E-state index in [0.717, 1.165) is 9.35 Å². The first-order valence-electron chi connectivity index (χ1n) is 6.05. The summed E-state index contributed by atoms with van der Waals surface area (Å²) in [6, 6.07) is 4.50. The highest BCUT2D eigenvalue weighted by atomic mass is 79.9. The highest BCUT2D eigenvalue weighted by molar-refractivity contribution is 9.10. The molecule has 0 radical (unpaired) electrons. The van der Waals surface area contributed by atoms with Crippen LogP contribution in [0.4, 0.5) is 4.39 Å². The Kier molecular flexibility index (Phi) is 5.15. The number of nitrogens with one attached hydrogen (secondary N) is 1. The third kappa shape index (κ3) is 3.70. The van der Waals surface area contributed by atoms with Crippen molar-refractivity contribution in [2.45, 2.75) is 24.9 Å². The predicted octanol–water partition coefficient (Wildman–Crippen LogP) is 2.90. The topological polar surface area (TPSA) is 72.2 Å². The van der Waals surface area contributed by atoms with Crippen LogP contribution in [0.3, 0.4) is 0 Å². The minimum absolute atomic E-state index is 0.0735. The van der Waals surface area contributed by atoms with Crippen molar-refractivity contribution in [2.75, 3.05) is 0 Å². The minimum Gasteiger partial charge on any atom is -0.326 e. The van der Waals surface area contributed by atoms with E-state index in [2.05, 4.69) is 20.7 Å². The van der Waals surface area contributed by atoms with Gasteiger partial charge in [-0.15, -0.1) is 11.3 Å². The molecule has 1 heterocycles. The summed E-state index contributed by atoms with van der Waals surface area (Å²) in [6.07, 6.45) is 0. The Balaban J connectivity index is 2.31. The molecule has 0 unspecified atom stereocenters. The number of thiophene rings is 1. The average molecular weight is 393 g/mol. The quantitative estimate of drug-likeness (QED) is 0.821. The summed E-state index contributed by atoms with van der Waals surface area (Å²) >= 11 is 4.77. The molecule has 0 saturated carbocycles. The molecule has 0 spiro atoms. The van der Waals surface area contributed by atoms with Gasteiger partial charge in [0.2, 0.25) is 10.0 Å². The molecule has 0 atom stereocenters. The molecular weight excluding hydrogens is 379 g/mol. The van der Waals surface area contributed by atoms with E-state index in [0.29, 0.717) is 5.56 Å². The highest BCUT2D eigenvalue weighted by Gasteiger charge is 2.20. The largest absolute Gasteiger partial charge is 0.326 e. The third-order valence-corrected chi connectivity index (χ3v) is 6.45. The smallest absolute Gasteiger partial charge is 0.241 e. The van der Waals surface area contributed by atoms with Gasteiger partial charge in [0.15, 0.2) is 0 Å². The molecule has 0 amide bonds. The molecule has 1 aromatic carbocycles. The second kappa shape index (κ2) is 6.53. The maximum absolute atomic E-state index is 13.8. The van der Waals surface area contributed by atoms with Crippen molar-refractivity contribution < 1.29 is 12.8 Å². The first-order chi connectivity index (χ1) is 9.85. The number of benzene rings is 1. The van der Waals surface area contributed by atoms with Gasteiger partial charge in [-0.05, 0) is 52.0 Å². The zero-order valence-electron chi connectivity index (χ0n) is 11.2. The van der Waals surface area contributed by atoms with Gasteiger partial charge in [0, 0.05) is 28.0 Å². The standard InChI is InChI=1S/C13H14BrFN2O2S2/c1-8-11(15)4-9(6-16)5-13(8)21(18,19)17-7-12-10(14)2-3-20-12/h2-5,17H,6-7,16H2,1H3. The molecule has 3 N–H and O–H groups in total. The minimum atomic E-state index is -3.80. The monoisotopic (exact) mass is 392 g/mol. The SMILES string of the molecule is Cc1c(F)cc(CN)cc1S(=O)(=O)NCc1sccc1Br. The van der Waals surface area contributed by atoms with Gasteiger partial charge in [-0.2, -0.15) is 0 Å². The van der Waals surface area contributed by atoms with Crippen LogP contribution in [-0.2, 0) is 23.1 Å². The van der Waals surface area contributed by atoms with E-state index in [9.17, 15) is 12.8 Å². The molecule has 0 aliphatic heterocycles. The van der Waals surface area contributed by atoms with Gasteiger partial charge in [-0.25, -0.2) is 17.5 Å². The molecule has 0 fully saturated rings. The van der Waals surface area contributed by atoms with Gasteiger partial charge >= 0.3 is 0 Å². The molecule has 4 nitrogen and oxygen atoms in total. The van der Waals surface area contributed by atoms with Gasteiger partial charge in [-0.1, -0.05) is 0 Å². The van der Waals surface area contributed by atoms with Crippen LogP contribution < -0.4 is 10.5 Å². The van der Waals surface area contributed by atoms with Crippen LogP contribution in [0, 0.1) is 12.7 Å². The van der Waals surface area contributed by atoms with E-state index in [1.807, 2.05) is 11.4 Å². The first kappa shape index (κ1) is 16.6. The number of hydrogen-bond donors (Lipinski definition) is 2. The van der Waals surface area contributed by atoms with Crippen molar-refractivity contribution in [2.24, 2.45) is 5.73 Å². The van der Waals surface area contributed by atoms with Crippen molar-refractivity contribution in [1.82, 2.24) is 4.72 Å². The maximum atomic E-state index is 13.8. The maximum Gasteiger partial charge on any atom is 0.241 e. The summed E-state index contributed by atoms with van der Waals surface area (Å²) in [5.74, 6) is -0.573. The molecule has 21 heavy (non-hydrogen) atoms. The molecule has 0 aliphatic rings. The molecular formula is C13H14BrFN2O2S2. The highest BCUT2D eigenvalue weighted by Crippen LogP contribution is 2.24. The third-order valence-electron chi connectivity index (χ3n) is 3.00. The molecule has 0 bridgehead atoms. The first-order valence-corrected chi connectivity index (χ1v) is 9.21. The zero-order chi connectivity index (χ0) is 15.6. The average Bonchev–Trinajstić information content (AvgIpc) is 2.84. The number of hydrogen-bond acceptors (Lipinski definition) is 4. The Bertz CT molecular complexity index is 760. The second-order valence-electron chi connectivity index (χ2n) is 4.42. The summed E-state index contributed by atoms with van der Waals surface area (Å²) in [4.78, 5) is 0.780. The molecule has 8 heteroatoms. The zero-order valence-corrected chi connectivity index (χ0v) is 14.4. The Morgan fingerprint density at radius 3 is 2.71 bits per heavy atom. The molecule has 0 aliphatic carbocycles. The fourth-order valence-corrected chi connectivity index (χ4v) is 4.61. The number of rotatable bonds is 5. The van der Waals surface area contributed by atoms with Gasteiger partial charge in [0.25, 0.3) is 0 Å². The normalized spacial score (nSPS) is 11.8. The lowest BCUT2D eigenvalue weighted by Gasteiger charge is -2.11. The van der Waals surface area contributed by atoms with E-state index >= 15 is 0 Å². The van der Waals surface area contributed by atoms with Crippen LogP contribution in [-0.4, -0.2) is 8.42 Å². The summed E-state index contributed by atoms with van der Waals surface area (Å²) in [5.41, 5.74) is 5.99. The lowest BCUT2D eigenvalue weighted by molar-refractivity contribution is 0.574. The van der Waals surface area contributed by atoms with Crippen molar-refractivity contribution in [3.05, 3.63) is 49.9 Å². The van der Waals surface area contributed by atoms with E-state index in [4.69, 9.17) is 5.73 Å². The molecule has 0 saturated heterocycles. The molecule has 2 rings (SSSR count). The van der Waals surface area contributed by atoms with Crippen LogP contribution in [0.2, 0.25) is 0 Å². The van der Waals surface area contributed by atoms with E-state index in [1.165, 1.54) is 30.4 Å². The molecule has 2 aromatic rings. The van der Waals surface area contributed by atoms with Crippen molar-refractivity contribution in [3.8, 4) is 0 Å². The van der Waals surface area contributed by atoms with Crippen molar-refractivity contribution in [1.29, 1.82) is 0 Å². The second-order valence-corrected chi connectivity index (χ2v) is 8.01. The van der Waals surface area contributed by atoms with E-state index < -0.39 is 15.8 Å². The lowest BCUT2D eigenvalue weighted by atomic mass is 10.1. The van der Waals surface area contributed by atoms with Crippen LogP contribution in [0.15, 0.2) is 32.9 Å². The Morgan fingerprint density at radius 2 is 2.14 bits per heavy atom. The number of sulfonamides is 1. The van der Waals surface area contributed by atoms with Gasteiger partial charge in [-0.3, -0.25) is 0 Å². The molecule has 1 aromatic heterocycles. The Morgan fingerprint density at radius 1 is 1.43 bits per heavy atom. The van der Waals surface area contributed by atoms with E-state index in [-0.39, 0.29) is 23.5 Å². The van der Waals surface area contributed by atoms with Crippen molar-refractivity contribution in [3.63, 3.8) is 0 Å². The van der Waals surface area contributed by atoms with Crippen LogP contribution in [0.5, 0.6) is 0 Å². The lowest BCUT2D eigenvalue weighted by Crippen LogP contribution is -2.24. The summed E-state index contributed by atoms with van der Waals surface area (Å²) in [5, 5.41) is 1.85. The van der Waals surface area contributed by atoms with Crippen LogP contribution >= 0.6 is 27.3 Å². The fraction of sp³-hybridized carbons (Fsp3) is 0.231. The Labute approximate surface area is 135 Å². The predicted molar refractivity (Wildman–Crippen MR) is 85.1 cm³/mol. The summed E-state index contributed by atoms with van der Waals surface area (Å²) in [7, 11) is -3.80. The van der Waals surface area contributed by atoms with Crippen molar-refractivity contribution >= 4 is 37.3 Å². The number of nitrogens with two attached hydrogens (primary N) is 1. The van der Waals surface area contributed by atoms with Crippen LogP contribution in [0.25, 0.3) is 0 Å². The van der Waals surface area contributed by atoms with Gasteiger partial charge in [0.05, 0.1) is 4.90 Å². The summed E-state index contributed by atoms with van der Waals surface area (Å²) < 4.78 is 41.8. The molecule has 114 valence electrons. The number of halogens is 2. The Hall–Kier alpha value is -0.800.